The summed E-state index contributed by atoms with van der Waals surface area (Å²) in [5.41, 5.74) is 2.80. The molecular formula is C19H18ClN3O3. The van der Waals surface area contributed by atoms with E-state index in [2.05, 4.69) is 10.3 Å². The largest absolute Gasteiger partial charge is 0.462 e. The zero-order valence-electron chi connectivity index (χ0n) is 14.5. The number of esters is 1. The van der Waals surface area contributed by atoms with Crippen LogP contribution >= 0.6 is 11.6 Å². The first-order chi connectivity index (χ1) is 12.5. The van der Waals surface area contributed by atoms with E-state index in [1.807, 2.05) is 6.92 Å². The van der Waals surface area contributed by atoms with Gasteiger partial charge in [-0.2, -0.15) is 0 Å². The molecule has 2 aromatic heterocycles. The second-order valence-corrected chi connectivity index (χ2v) is 6.02. The zero-order chi connectivity index (χ0) is 18.7. The van der Waals surface area contributed by atoms with Crippen LogP contribution in [-0.2, 0) is 11.2 Å². The summed E-state index contributed by atoms with van der Waals surface area (Å²) in [4.78, 5) is 29.0. The molecule has 134 valence electrons. The number of nitrogens with zero attached hydrogens (tertiary/aromatic N) is 2. The van der Waals surface area contributed by atoms with Gasteiger partial charge in [-0.1, -0.05) is 18.5 Å². The average Bonchev–Trinajstić information content (AvgIpc) is 3.00. The molecule has 3 aromatic rings. The van der Waals surface area contributed by atoms with E-state index in [1.165, 1.54) is 0 Å². The molecule has 0 aliphatic heterocycles. The standard InChI is InChI=1S/C19H18ClN3O3/c1-3-15-17(23-11-13(20)7-10-16(23)22-15)18(24)21-14-8-5-12(6-9-14)19(25)26-4-2/h5-11H,3-4H2,1-2H3,(H,21,24). The number of aromatic nitrogens is 2. The fraction of sp³-hybridized carbons (Fsp3) is 0.211. The Labute approximate surface area is 155 Å². The molecule has 0 saturated heterocycles. The summed E-state index contributed by atoms with van der Waals surface area (Å²) < 4.78 is 6.63. The molecule has 0 fully saturated rings. The number of hydrogen-bond donors (Lipinski definition) is 1. The maximum Gasteiger partial charge on any atom is 0.338 e. The van der Waals surface area contributed by atoms with Crippen LogP contribution in [0.2, 0.25) is 5.02 Å². The molecule has 26 heavy (non-hydrogen) atoms. The Morgan fingerprint density at radius 3 is 2.54 bits per heavy atom. The number of imidazole rings is 1. The minimum Gasteiger partial charge on any atom is -0.462 e. The maximum absolute atomic E-state index is 12.8. The van der Waals surface area contributed by atoms with Crippen molar-refractivity contribution in [2.75, 3.05) is 11.9 Å². The molecule has 0 aliphatic carbocycles. The summed E-state index contributed by atoms with van der Waals surface area (Å²) in [5, 5.41) is 3.35. The van der Waals surface area contributed by atoms with Gasteiger partial charge in [0.05, 0.1) is 22.9 Å². The molecule has 0 saturated carbocycles. The lowest BCUT2D eigenvalue weighted by molar-refractivity contribution is 0.0526. The number of rotatable bonds is 5. The predicted octanol–water partition coefficient (Wildman–Crippen LogP) is 3.98. The summed E-state index contributed by atoms with van der Waals surface area (Å²) in [6.45, 7) is 4.00. The van der Waals surface area contributed by atoms with Gasteiger partial charge in [-0.25, -0.2) is 9.78 Å². The first kappa shape index (κ1) is 17.9. The van der Waals surface area contributed by atoms with Gasteiger partial charge in [0.1, 0.15) is 11.3 Å². The monoisotopic (exact) mass is 371 g/mol. The number of carbonyl (C=O) groups is 2. The summed E-state index contributed by atoms with van der Waals surface area (Å²) in [7, 11) is 0. The molecule has 0 atom stereocenters. The fourth-order valence-corrected chi connectivity index (χ4v) is 2.81. The Bertz CT molecular complexity index is 964. The smallest absolute Gasteiger partial charge is 0.338 e. The van der Waals surface area contributed by atoms with E-state index < -0.39 is 5.97 Å². The molecule has 3 rings (SSSR count). The molecule has 6 nitrogen and oxygen atoms in total. The number of anilines is 1. The maximum atomic E-state index is 12.8. The molecular weight excluding hydrogens is 354 g/mol. The highest BCUT2D eigenvalue weighted by Gasteiger charge is 2.19. The van der Waals surface area contributed by atoms with E-state index in [-0.39, 0.29) is 5.91 Å². The Kier molecular flexibility index (Phi) is 5.23. The Morgan fingerprint density at radius 2 is 1.88 bits per heavy atom. The summed E-state index contributed by atoms with van der Waals surface area (Å²) in [6.07, 6.45) is 2.28. The van der Waals surface area contributed by atoms with Gasteiger partial charge in [0.15, 0.2) is 0 Å². The number of nitrogens with one attached hydrogen (secondary N) is 1. The molecule has 1 amide bonds. The first-order valence-electron chi connectivity index (χ1n) is 8.28. The zero-order valence-corrected chi connectivity index (χ0v) is 15.2. The highest BCUT2D eigenvalue weighted by molar-refractivity contribution is 6.30. The van der Waals surface area contributed by atoms with Crippen molar-refractivity contribution in [3.63, 3.8) is 0 Å². The van der Waals surface area contributed by atoms with Crippen LogP contribution in [0.3, 0.4) is 0 Å². The average molecular weight is 372 g/mol. The van der Waals surface area contributed by atoms with Gasteiger partial charge in [0, 0.05) is 11.9 Å². The third-order valence-electron chi connectivity index (χ3n) is 3.86. The lowest BCUT2D eigenvalue weighted by Gasteiger charge is -2.08. The molecule has 0 unspecified atom stereocenters. The van der Waals surface area contributed by atoms with Crippen LogP contribution in [0.1, 0.15) is 40.4 Å². The van der Waals surface area contributed by atoms with Crippen LogP contribution in [0.5, 0.6) is 0 Å². The Morgan fingerprint density at radius 1 is 1.15 bits per heavy atom. The molecule has 1 aromatic carbocycles. The number of aryl methyl sites for hydroxylation is 1. The minimum absolute atomic E-state index is 0.291. The SMILES string of the molecule is CCOC(=O)c1ccc(NC(=O)c2c(CC)nc3ccc(Cl)cn23)cc1. The van der Waals surface area contributed by atoms with Gasteiger partial charge in [-0.15, -0.1) is 0 Å². The van der Waals surface area contributed by atoms with Crippen molar-refractivity contribution in [3.05, 3.63) is 64.6 Å². The van der Waals surface area contributed by atoms with Crippen LogP contribution in [-0.4, -0.2) is 27.9 Å². The van der Waals surface area contributed by atoms with Gasteiger partial charge < -0.3 is 10.1 Å². The molecule has 0 aliphatic rings. The molecule has 7 heteroatoms. The molecule has 0 spiro atoms. The van der Waals surface area contributed by atoms with E-state index in [0.29, 0.717) is 46.3 Å². The highest BCUT2D eigenvalue weighted by Crippen LogP contribution is 2.19. The normalized spacial score (nSPS) is 10.7. The van der Waals surface area contributed by atoms with E-state index in [9.17, 15) is 9.59 Å². The highest BCUT2D eigenvalue weighted by atomic mass is 35.5. The second-order valence-electron chi connectivity index (χ2n) is 5.59. The number of amides is 1. The lowest BCUT2D eigenvalue weighted by atomic mass is 10.2. The van der Waals surface area contributed by atoms with E-state index in [4.69, 9.17) is 16.3 Å². The van der Waals surface area contributed by atoms with E-state index >= 15 is 0 Å². The third kappa shape index (κ3) is 3.55. The van der Waals surface area contributed by atoms with Crippen molar-refractivity contribution in [1.29, 1.82) is 0 Å². The number of halogens is 1. The van der Waals surface area contributed by atoms with Crippen molar-refractivity contribution < 1.29 is 14.3 Å². The number of hydrogen-bond acceptors (Lipinski definition) is 4. The van der Waals surface area contributed by atoms with Crippen molar-refractivity contribution in [2.45, 2.75) is 20.3 Å². The first-order valence-corrected chi connectivity index (χ1v) is 8.66. The van der Waals surface area contributed by atoms with Crippen molar-refractivity contribution >= 4 is 34.8 Å². The summed E-state index contributed by atoms with van der Waals surface area (Å²) >= 11 is 6.06. The Balaban J connectivity index is 1.87. The molecule has 1 N–H and O–H groups in total. The van der Waals surface area contributed by atoms with Crippen LogP contribution in [0.4, 0.5) is 5.69 Å². The van der Waals surface area contributed by atoms with Gasteiger partial charge in [-0.05, 0) is 49.7 Å². The third-order valence-corrected chi connectivity index (χ3v) is 4.08. The Hall–Kier alpha value is -2.86. The van der Waals surface area contributed by atoms with E-state index in [1.54, 1.807) is 53.9 Å². The van der Waals surface area contributed by atoms with Gasteiger partial charge in [0.25, 0.3) is 5.91 Å². The number of pyridine rings is 1. The number of benzene rings is 1. The molecule has 2 heterocycles. The van der Waals surface area contributed by atoms with Crippen LogP contribution in [0, 0.1) is 0 Å². The summed E-state index contributed by atoms with van der Waals surface area (Å²) in [5.74, 6) is -0.685. The van der Waals surface area contributed by atoms with Crippen molar-refractivity contribution in [2.24, 2.45) is 0 Å². The second kappa shape index (κ2) is 7.58. The van der Waals surface area contributed by atoms with Crippen molar-refractivity contribution in [1.82, 2.24) is 9.38 Å². The lowest BCUT2D eigenvalue weighted by Crippen LogP contribution is -2.16. The number of fused-ring (bicyclic) bond motifs is 1. The minimum atomic E-state index is -0.393. The quantitative estimate of drug-likeness (QED) is 0.688. The van der Waals surface area contributed by atoms with E-state index in [0.717, 1.165) is 0 Å². The summed E-state index contributed by atoms with van der Waals surface area (Å²) in [6, 6.07) is 10.0. The molecule has 0 radical (unpaired) electrons. The van der Waals surface area contributed by atoms with Gasteiger partial charge >= 0.3 is 5.97 Å². The van der Waals surface area contributed by atoms with Crippen LogP contribution in [0.25, 0.3) is 5.65 Å². The fourth-order valence-electron chi connectivity index (χ4n) is 2.65. The predicted molar refractivity (Wildman–Crippen MR) is 99.9 cm³/mol. The van der Waals surface area contributed by atoms with Crippen LogP contribution < -0.4 is 5.32 Å². The van der Waals surface area contributed by atoms with Gasteiger partial charge in [-0.3, -0.25) is 9.20 Å². The van der Waals surface area contributed by atoms with Gasteiger partial charge in [0.2, 0.25) is 0 Å². The topological polar surface area (TPSA) is 72.7 Å². The number of ether oxygens (including phenoxy) is 1. The van der Waals surface area contributed by atoms with Crippen LogP contribution in [0.15, 0.2) is 42.6 Å². The van der Waals surface area contributed by atoms with Crippen molar-refractivity contribution in [3.8, 4) is 0 Å². The number of carbonyl (C=O) groups excluding carboxylic acids is 2. The molecule has 0 bridgehead atoms.